The van der Waals surface area contributed by atoms with Crippen LogP contribution in [0, 0.1) is 0 Å². The zero-order valence-electron chi connectivity index (χ0n) is 3.33. The Kier molecular flexibility index (Phi) is 3.50. The number of rotatable bonds is 0. The van der Waals surface area contributed by atoms with Gasteiger partial charge in [-0.2, -0.15) is 0 Å². The molecule has 0 spiro atoms. The molecule has 0 radical (unpaired) electrons. The van der Waals surface area contributed by atoms with E-state index in [-0.39, 0.29) is 6.15 Å². The molecule has 58 valence electrons. The first-order valence-corrected chi connectivity index (χ1v) is 19.7. The SMILES string of the molecule is N.[Cl][Os]([Cl])([Cl])([Cl])([Cl])[Cl]. The van der Waals surface area contributed by atoms with E-state index >= 15 is 0 Å². The second-order valence-corrected chi connectivity index (χ2v) is 55.8. The second kappa shape index (κ2) is 2.16. The van der Waals surface area contributed by atoms with E-state index in [1.165, 1.54) is 0 Å². The molecular weight excluding hydrogens is 417 g/mol. The third kappa shape index (κ3) is 82.2. The minimum atomic E-state index is -5.38. The molecule has 0 atom stereocenters. The van der Waals surface area contributed by atoms with Crippen molar-refractivity contribution in [2.45, 2.75) is 0 Å². The molecule has 8 heavy (non-hydrogen) atoms. The molecule has 0 unspecified atom stereocenters. The zero-order valence-corrected chi connectivity index (χ0v) is 10.4. The van der Waals surface area contributed by atoms with Crippen LogP contribution in [0.4, 0.5) is 0 Å². The van der Waals surface area contributed by atoms with Crippen molar-refractivity contribution < 1.29 is 6.64 Å². The van der Waals surface area contributed by atoms with Crippen molar-refractivity contribution in [1.82, 2.24) is 6.15 Å². The Bertz CT molecular complexity index is 67.1. The van der Waals surface area contributed by atoms with E-state index < -0.39 is 6.64 Å². The molecule has 0 rings (SSSR count). The number of hydrogen-bond acceptors (Lipinski definition) is 1. The Labute approximate surface area is 69.8 Å². The summed E-state index contributed by atoms with van der Waals surface area (Å²) in [6.07, 6.45) is 0. The molecule has 3 N–H and O–H groups in total. The average molecular weight is 420 g/mol. The summed E-state index contributed by atoms with van der Waals surface area (Å²) in [6, 6.07) is 0. The van der Waals surface area contributed by atoms with E-state index in [9.17, 15) is 0 Å². The van der Waals surface area contributed by atoms with Crippen LogP contribution in [0.5, 0.6) is 0 Å². The summed E-state index contributed by atoms with van der Waals surface area (Å²) in [5.41, 5.74) is 0. The van der Waals surface area contributed by atoms with Gasteiger partial charge in [0, 0.05) is 0 Å². The summed E-state index contributed by atoms with van der Waals surface area (Å²) < 4.78 is 0. The van der Waals surface area contributed by atoms with Gasteiger partial charge in [0.05, 0.1) is 0 Å². The first-order chi connectivity index (χ1) is 2.45. The molecule has 0 amide bonds. The Balaban J connectivity index is 0. The molecular formula is H3Cl6NOs. The van der Waals surface area contributed by atoms with Crippen molar-refractivity contribution in [2.75, 3.05) is 0 Å². The summed E-state index contributed by atoms with van der Waals surface area (Å²) in [5, 5.41) is 0. The van der Waals surface area contributed by atoms with E-state index in [1.54, 1.807) is 0 Å². The predicted molar refractivity (Wildman–Crippen MR) is 40.1 cm³/mol. The quantitative estimate of drug-likeness (QED) is 0.624. The summed E-state index contributed by atoms with van der Waals surface area (Å²) in [7, 11) is 30.4. The molecule has 0 fully saturated rings. The van der Waals surface area contributed by atoms with Gasteiger partial charge in [0.15, 0.2) is 0 Å². The molecule has 0 aliphatic rings. The minimum absolute atomic E-state index is 0. The maximum atomic E-state index is 5.06. The molecule has 0 bridgehead atoms. The third-order valence-corrected chi connectivity index (χ3v) is 0. The molecule has 0 aromatic rings. The van der Waals surface area contributed by atoms with Gasteiger partial charge in [-0.3, -0.25) is 0 Å². The van der Waals surface area contributed by atoms with Gasteiger partial charge in [-0.15, -0.1) is 0 Å². The first-order valence-electron chi connectivity index (χ1n) is 0.802. The van der Waals surface area contributed by atoms with Gasteiger partial charge >= 0.3 is 64.5 Å². The van der Waals surface area contributed by atoms with Crippen LogP contribution in [0.2, 0.25) is 0 Å². The van der Waals surface area contributed by atoms with Crippen molar-refractivity contribution in [3.8, 4) is 0 Å². The number of halogens is 6. The molecule has 0 aromatic carbocycles. The monoisotopic (exact) mass is 419 g/mol. The fourth-order valence-corrected chi connectivity index (χ4v) is 0. The first kappa shape index (κ1) is 13.0. The van der Waals surface area contributed by atoms with Gasteiger partial charge in [0.25, 0.3) is 0 Å². The molecule has 8 heteroatoms. The van der Waals surface area contributed by atoms with Gasteiger partial charge in [0.1, 0.15) is 0 Å². The van der Waals surface area contributed by atoms with Crippen LogP contribution in [0.25, 0.3) is 0 Å². The van der Waals surface area contributed by atoms with Crippen molar-refractivity contribution in [1.29, 1.82) is 0 Å². The average Bonchev–Trinajstić information content (AvgIpc) is 0.592. The van der Waals surface area contributed by atoms with Gasteiger partial charge in [-0.25, -0.2) is 0 Å². The summed E-state index contributed by atoms with van der Waals surface area (Å²) in [5.74, 6) is 0. The molecule has 0 saturated heterocycles. The van der Waals surface area contributed by atoms with Crippen molar-refractivity contribution >= 4 is 57.8 Å². The van der Waals surface area contributed by atoms with E-state index in [2.05, 4.69) is 0 Å². The van der Waals surface area contributed by atoms with Gasteiger partial charge in [0.2, 0.25) is 0 Å². The van der Waals surface area contributed by atoms with Crippen LogP contribution in [0.3, 0.4) is 0 Å². The van der Waals surface area contributed by atoms with Gasteiger partial charge in [-0.1, -0.05) is 0 Å². The van der Waals surface area contributed by atoms with Crippen LogP contribution < -0.4 is 6.15 Å². The Morgan fingerprint density at radius 1 is 0.625 bits per heavy atom. The van der Waals surface area contributed by atoms with E-state index in [4.69, 9.17) is 57.8 Å². The van der Waals surface area contributed by atoms with E-state index in [0.29, 0.717) is 0 Å². The summed E-state index contributed by atoms with van der Waals surface area (Å²) in [4.78, 5) is 0. The molecule has 0 aromatic heterocycles. The predicted octanol–water partition coefficient (Wildman–Crippen LogP) is 4.30. The van der Waals surface area contributed by atoms with Crippen LogP contribution in [-0.4, -0.2) is 0 Å². The number of hydrogen-bond donors (Lipinski definition) is 1. The van der Waals surface area contributed by atoms with E-state index in [1.807, 2.05) is 0 Å². The third-order valence-electron chi connectivity index (χ3n) is 0. The van der Waals surface area contributed by atoms with Crippen molar-refractivity contribution in [2.24, 2.45) is 0 Å². The Morgan fingerprint density at radius 2 is 0.625 bits per heavy atom. The van der Waals surface area contributed by atoms with E-state index in [0.717, 1.165) is 0 Å². The van der Waals surface area contributed by atoms with Crippen molar-refractivity contribution in [3.05, 3.63) is 0 Å². The van der Waals surface area contributed by atoms with Crippen LogP contribution in [-0.2, 0) is 6.64 Å². The molecule has 1 nitrogen and oxygen atoms in total. The Hall–Kier alpha value is 2.34. The van der Waals surface area contributed by atoms with Crippen LogP contribution >= 0.6 is 57.8 Å². The molecule has 0 aliphatic carbocycles. The molecule has 0 aliphatic heterocycles. The standard InChI is InChI=1S/6ClH.H3N.Os/h6*1H;1H3;/q;;;;;;;+6/p-6. The summed E-state index contributed by atoms with van der Waals surface area (Å²) >= 11 is 0. The fraction of sp³-hybridized carbons (Fsp3) is 0. The molecule has 0 saturated carbocycles. The second-order valence-electron chi connectivity index (χ2n) is 0.758. The fourth-order valence-electron chi connectivity index (χ4n) is 0. The van der Waals surface area contributed by atoms with Gasteiger partial charge in [-0.05, 0) is 0 Å². The zero-order chi connectivity index (χ0) is 6.41. The summed E-state index contributed by atoms with van der Waals surface area (Å²) in [6.45, 7) is -5.38. The van der Waals surface area contributed by atoms with Crippen LogP contribution in [0.15, 0.2) is 0 Å². The normalized spacial score (nSPS) is 20.2. The maximum absolute atomic E-state index is 5.38. The molecule has 0 heterocycles. The van der Waals surface area contributed by atoms with Crippen molar-refractivity contribution in [3.63, 3.8) is 0 Å². The van der Waals surface area contributed by atoms with Gasteiger partial charge < -0.3 is 6.15 Å². The topological polar surface area (TPSA) is 35.0 Å². The Morgan fingerprint density at radius 3 is 0.625 bits per heavy atom. The van der Waals surface area contributed by atoms with Crippen LogP contribution in [0.1, 0.15) is 0 Å².